The molecule has 4 rings (SSSR count). The number of rotatable bonds is 8. The number of carbonyl (C=O) groups is 1. The smallest absolute Gasteiger partial charge is 0.123 e. The van der Waals surface area contributed by atoms with Gasteiger partial charge >= 0.3 is 0 Å². The van der Waals surface area contributed by atoms with Crippen molar-refractivity contribution < 1.29 is 9.53 Å². The molecule has 0 amide bonds. The monoisotopic (exact) mass is 444 g/mol. The summed E-state index contributed by atoms with van der Waals surface area (Å²) < 4.78 is 7.22. The number of nitrogens with zero attached hydrogens (tertiary/aromatic N) is 2. The van der Waals surface area contributed by atoms with Gasteiger partial charge in [-0.25, -0.2) is 4.68 Å². The molecular weight excluding hydrogens is 420 g/mol. The van der Waals surface area contributed by atoms with Crippen molar-refractivity contribution in [2.45, 2.75) is 19.8 Å². The second-order valence-electron chi connectivity index (χ2n) is 7.93. The first kappa shape index (κ1) is 21.8. The molecule has 0 fully saturated rings. The Bertz CT molecular complexity index is 1200. The Morgan fingerprint density at radius 2 is 1.75 bits per heavy atom. The summed E-state index contributed by atoms with van der Waals surface area (Å²) in [4.78, 5) is 11.9. The second-order valence-corrected chi connectivity index (χ2v) is 8.37. The topological polar surface area (TPSA) is 44.1 Å². The SMILES string of the molecule is COc1ccc(-n2nc(CC(C=O)Cc3cccc(Cl)c3)cc2-c2ccc(C)cc2)cc1. The first-order valence-corrected chi connectivity index (χ1v) is 10.9. The number of benzene rings is 3. The van der Waals surface area contributed by atoms with E-state index in [2.05, 4.69) is 37.3 Å². The first-order chi connectivity index (χ1) is 15.6. The average molecular weight is 445 g/mol. The minimum atomic E-state index is -0.182. The third-order valence-electron chi connectivity index (χ3n) is 5.47. The fraction of sp³-hybridized carbons (Fsp3) is 0.185. The van der Waals surface area contributed by atoms with E-state index < -0.39 is 0 Å². The summed E-state index contributed by atoms with van der Waals surface area (Å²) in [5, 5.41) is 5.55. The Morgan fingerprint density at radius 3 is 2.41 bits per heavy atom. The average Bonchev–Trinajstić information content (AvgIpc) is 3.23. The zero-order valence-electron chi connectivity index (χ0n) is 18.2. The number of ether oxygens (including phenoxy) is 1. The van der Waals surface area contributed by atoms with Crippen molar-refractivity contribution in [1.29, 1.82) is 0 Å². The summed E-state index contributed by atoms with van der Waals surface area (Å²) in [6, 6.07) is 25.9. The lowest BCUT2D eigenvalue weighted by Crippen LogP contribution is -2.10. The molecule has 1 aromatic heterocycles. The highest BCUT2D eigenvalue weighted by atomic mass is 35.5. The van der Waals surface area contributed by atoms with Gasteiger partial charge in [-0.05, 0) is 61.4 Å². The zero-order valence-corrected chi connectivity index (χ0v) is 18.9. The summed E-state index contributed by atoms with van der Waals surface area (Å²) >= 11 is 6.11. The molecule has 1 unspecified atom stereocenters. The molecule has 0 aliphatic rings. The number of hydrogen-bond acceptors (Lipinski definition) is 3. The van der Waals surface area contributed by atoms with Crippen LogP contribution < -0.4 is 4.74 Å². The van der Waals surface area contributed by atoms with Gasteiger partial charge in [-0.1, -0.05) is 53.6 Å². The van der Waals surface area contributed by atoms with E-state index in [4.69, 9.17) is 21.4 Å². The van der Waals surface area contributed by atoms with Crippen LogP contribution in [0, 0.1) is 12.8 Å². The normalized spacial score (nSPS) is 11.8. The molecule has 3 aromatic carbocycles. The largest absolute Gasteiger partial charge is 0.497 e. The highest BCUT2D eigenvalue weighted by Gasteiger charge is 2.17. The van der Waals surface area contributed by atoms with Crippen LogP contribution in [0.3, 0.4) is 0 Å². The van der Waals surface area contributed by atoms with Crippen LogP contribution in [0.1, 0.15) is 16.8 Å². The number of aromatic nitrogens is 2. The van der Waals surface area contributed by atoms with Gasteiger partial charge < -0.3 is 9.53 Å². The maximum absolute atomic E-state index is 11.9. The standard InChI is InChI=1S/C27H25ClN2O2/c1-19-6-8-22(9-7-19)27-17-24(29-30(27)25-10-12-26(32-2)13-11-25)16-21(18-31)14-20-4-3-5-23(28)15-20/h3-13,15,17-18,21H,14,16H2,1-2H3. The summed E-state index contributed by atoms with van der Waals surface area (Å²) in [6.07, 6.45) is 2.19. The van der Waals surface area contributed by atoms with Crippen molar-refractivity contribution >= 4 is 17.9 Å². The molecule has 0 radical (unpaired) electrons. The molecule has 0 aliphatic heterocycles. The minimum Gasteiger partial charge on any atom is -0.497 e. The van der Waals surface area contributed by atoms with Crippen molar-refractivity contribution in [3.05, 3.63) is 101 Å². The van der Waals surface area contributed by atoms with Gasteiger partial charge in [-0.15, -0.1) is 0 Å². The van der Waals surface area contributed by atoms with E-state index in [1.165, 1.54) is 5.56 Å². The highest BCUT2D eigenvalue weighted by Crippen LogP contribution is 2.27. The Morgan fingerprint density at radius 1 is 1.00 bits per heavy atom. The first-order valence-electron chi connectivity index (χ1n) is 10.6. The van der Waals surface area contributed by atoms with Gasteiger partial charge in [0.2, 0.25) is 0 Å². The van der Waals surface area contributed by atoms with Gasteiger partial charge in [0.05, 0.1) is 24.2 Å². The number of hydrogen-bond donors (Lipinski definition) is 0. The Hall–Kier alpha value is -3.37. The van der Waals surface area contributed by atoms with Crippen molar-refractivity contribution in [3.63, 3.8) is 0 Å². The molecule has 4 aromatic rings. The number of carbonyl (C=O) groups excluding carboxylic acids is 1. The Balaban J connectivity index is 1.67. The van der Waals surface area contributed by atoms with Crippen LogP contribution in [0.15, 0.2) is 78.9 Å². The van der Waals surface area contributed by atoms with E-state index in [-0.39, 0.29) is 5.92 Å². The third kappa shape index (κ3) is 5.09. The molecule has 0 spiro atoms. The molecule has 0 N–H and O–H groups in total. The molecule has 5 heteroatoms. The van der Waals surface area contributed by atoms with Gasteiger partial charge in [-0.2, -0.15) is 5.10 Å². The van der Waals surface area contributed by atoms with Gasteiger partial charge in [0.25, 0.3) is 0 Å². The molecule has 1 heterocycles. The van der Waals surface area contributed by atoms with E-state index in [1.807, 2.05) is 53.2 Å². The maximum Gasteiger partial charge on any atom is 0.123 e. The van der Waals surface area contributed by atoms with Crippen molar-refractivity contribution in [3.8, 4) is 22.7 Å². The van der Waals surface area contributed by atoms with Gasteiger partial charge in [-0.3, -0.25) is 0 Å². The van der Waals surface area contributed by atoms with E-state index in [0.717, 1.165) is 40.2 Å². The molecule has 0 saturated carbocycles. The van der Waals surface area contributed by atoms with Crippen LogP contribution in [0.2, 0.25) is 5.02 Å². The predicted molar refractivity (Wildman–Crippen MR) is 129 cm³/mol. The van der Waals surface area contributed by atoms with Gasteiger partial charge in [0.1, 0.15) is 12.0 Å². The third-order valence-corrected chi connectivity index (χ3v) is 5.71. The number of aryl methyl sites for hydroxylation is 1. The van der Waals surface area contributed by atoms with Crippen LogP contribution in [0.4, 0.5) is 0 Å². The van der Waals surface area contributed by atoms with Crippen molar-refractivity contribution in [2.75, 3.05) is 7.11 Å². The van der Waals surface area contributed by atoms with E-state index in [0.29, 0.717) is 17.9 Å². The van der Waals surface area contributed by atoms with Crippen molar-refractivity contribution in [2.24, 2.45) is 5.92 Å². The van der Waals surface area contributed by atoms with E-state index in [9.17, 15) is 4.79 Å². The van der Waals surface area contributed by atoms with Crippen LogP contribution in [-0.4, -0.2) is 23.2 Å². The highest BCUT2D eigenvalue weighted by molar-refractivity contribution is 6.30. The minimum absolute atomic E-state index is 0.182. The lowest BCUT2D eigenvalue weighted by Gasteiger charge is -2.09. The van der Waals surface area contributed by atoms with Gasteiger partial charge in [0, 0.05) is 22.9 Å². The molecule has 32 heavy (non-hydrogen) atoms. The van der Waals surface area contributed by atoms with Crippen LogP contribution in [-0.2, 0) is 17.6 Å². The Kier molecular flexibility index (Phi) is 6.72. The van der Waals surface area contributed by atoms with Crippen LogP contribution >= 0.6 is 11.6 Å². The Labute approximate surface area is 193 Å². The van der Waals surface area contributed by atoms with E-state index in [1.54, 1.807) is 7.11 Å². The summed E-state index contributed by atoms with van der Waals surface area (Å²) in [5.41, 5.74) is 6.11. The lowest BCUT2D eigenvalue weighted by atomic mass is 9.96. The van der Waals surface area contributed by atoms with Crippen LogP contribution in [0.5, 0.6) is 5.75 Å². The quantitative estimate of drug-likeness (QED) is 0.308. The number of aldehydes is 1. The van der Waals surface area contributed by atoms with Crippen LogP contribution in [0.25, 0.3) is 16.9 Å². The molecule has 1 atom stereocenters. The molecule has 0 saturated heterocycles. The number of halogens is 1. The summed E-state index contributed by atoms with van der Waals surface area (Å²) in [6.45, 7) is 2.07. The second kappa shape index (κ2) is 9.84. The summed E-state index contributed by atoms with van der Waals surface area (Å²) in [7, 11) is 1.65. The molecular formula is C27H25ClN2O2. The zero-order chi connectivity index (χ0) is 22.5. The molecule has 4 nitrogen and oxygen atoms in total. The summed E-state index contributed by atoms with van der Waals surface area (Å²) in [5.74, 6) is 0.610. The fourth-order valence-corrected chi connectivity index (χ4v) is 4.00. The fourth-order valence-electron chi connectivity index (χ4n) is 3.78. The van der Waals surface area contributed by atoms with Gasteiger partial charge in [0.15, 0.2) is 0 Å². The molecule has 0 aliphatic carbocycles. The predicted octanol–water partition coefficient (Wildman–Crippen LogP) is 6.11. The molecule has 162 valence electrons. The lowest BCUT2D eigenvalue weighted by molar-refractivity contribution is -0.111. The number of methoxy groups -OCH3 is 1. The van der Waals surface area contributed by atoms with E-state index >= 15 is 0 Å². The molecule has 0 bridgehead atoms. The maximum atomic E-state index is 11.9. The van der Waals surface area contributed by atoms with Crippen molar-refractivity contribution in [1.82, 2.24) is 9.78 Å².